The van der Waals surface area contributed by atoms with E-state index in [1.165, 1.54) is 4.40 Å². The molecule has 0 saturated carbocycles. The lowest BCUT2D eigenvalue weighted by molar-refractivity contribution is 0.218. The van der Waals surface area contributed by atoms with Crippen LogP contribution in [0.25, 0.3) is 49.0 Å². The molecule has 43 heavy (non-hydrogen) atoms. The summed E-state index contributed by atoms with van der Waals surface area (Å²) in [5.74, 6) is 0.868. The number of hydrogen-bond acceptors (Lipinski definition) is 4. The van der Waals surface area contributed by atoms with E-state index >= 15 is 0 Å². The Morgan fingerprint density at radius 1 is 0.558 bits per heavy atom. The molecule has 5 heteroatoms. The molecule has 0 radical (unpaired) electrons. The second-order valence-corrected chi connectivity index (χ2v) is 11.2. The van der Waals surface area contributed by atoms with Crippen LogP contribution in [0.3, 0.4) is 0 Å². The lowest BCUT2D eigenvalue weighted by atomic mass is 9.94. The fraction of sp³-hybridized carbons (Fsp3) is 0.0526. The van der Waals surface area contributed by atoms with Crippen LogP contribution in [0.5, 0.6) is 5.75 Å². The number of allylic oxidation sites excluding steroid dienone is 2. The van der Waals surface area contributed by atoms with Gasteiger partial charge in [-0.25, -0.2) is 4.40 Å². The van der Waals surface area contributed by atoms with Crippen LogP contribution in [-0.4, -0.2) is 16.5 Å². The standard InChI is InChI=1S/C38H24N2O3/c41-37-28-11-3-1-9-26(28)30-21-24(22-31-27-10-2-4-12-29(27)38(42)40(37)36(30)31)23-17-19-25(20-18-23)39-32-13-5-7-15-34(32)43-35-16-8-6-14-33(35)39/h1-22,32,34H. The van der Waals surface area contributed by atoms with Gasteiger partial charge in [-0.1, -0.05) is 78.9 Å². The average molecular weight is 557 g/mol. The fourth-order valence-corrected chi connectivity index (χ4v) is 6.90. The molecular formula is C38H24N2O3. The Bertz CT molecular complexity index is 2340. The molecular weight excluding hydrogens is 532 g/mol. The summed E-state index contributed by atoms with van der Waals surface area (Å²) in [7, 11) is 0. The Morgan fingerprint density at radius 2 is 1.14 bits per heavy atom. The van der Waals surface area contributed by atoms with E-state index in [9.17, 15) is 9.59 Å². The number of aromatic nitrogens is 1. The van der Waals surface area contributed by atoms with Gasteiger partial charge in [0.2, 0.25) is 0 Å². The molecule has 1 aliphatic carbocycles. The van der Waals surface area contributed by atoms with Crippen molar-refractivity contribution in [2.24, 2.45) is 0 Å². The summed E-state index contributed by atoms with van der Waals surface area (Å²) in [5, 5.41) is 4.54. The van der Waals surface area contributed by atoms with E-state index in [4.69, 9.17) is 4.74 Å². The zero-order chi connectivity index (χ0) is 28.7. The normalized spacial score (nSPS) is 17.4. The predicted molar refractivity (Wildman–Crippen MR) is 174 cm³/mol. The number of benzene rings is 5. The van der Waals surface area contributed by atoms with Gasteiger partial charge in [-0.3, -0.25) is 9.59 Å². The van der Waals surface area contributed by atoms with Crippen LogP contribution in [0.1, 0.15) is 0 Å². The Morgan fingerprint density at radius 3 is 1.81 bits per heavy atom. The third-order valence-electron chi connectivity index (χ3n) is 8.86. The molecule has 1 aliphatic heterocycles. The van der Waals surface area contributed by atoms with Gasteiger partial charge in [0.25, 0.3) is 11.1 Å². The van der Waals surface area contributed by atoms with E-state index in [2.05, 4.69) is 65.6 Å². The molecule has 2 aliphatic rings. The third-order valence-corrected chi connectivity index (χ3v) is 8.86. The average Bonchev–Trinajstić information content (AvgIpc) is 3.07. The zero-order valence-corrected chi connectivity index (χ0v) is 23.0. The summed E-state index contributed by atoms with van der Waals surface area (Å²) in [4.78, 5) is 29.6. The van der Waals surface area contributed by atoms with Crippen molar-refractivity contribution in [1.82, 2.24) is 4.40 Å². The van der Waals surface area contributed by atoms with Gasteiger partial charge in [0.1, 0.15) is 11.9 Å². The van der Waals surface area contributed by atoms with Crippen molar-refractivity contribution in [3.8, 4) is 16.9 Å². The highest BCUT2D eigenvalue weighted by atomic mass is 16.5. The monoisotopic (exact) mass is 556 g/mol. The number of anilines is 2. The largest absolute Gasteiger partial charge is 0.482 e. The van der Waals surface area contributed by atoms with Crippen LogP contribution in [0.2, 0.25) is 0 Å². The molecule has 0 bridgehead atoms. The van der Waals surface area contributed by atoms with Gasteiger partial charge < -0.3 is 9.64 Å². The summed E-state index contributed by atoms with van der Waals surface area (Å²) in [5.41, 5.74) is 4.29. The summed E-state index contributed by atoms with van der Waals surface area (Å²) < 4.78 is 7.68. The van der Waals surface area contributed by atoms with E-state index in [1.54, 1.807) is 12.1 Å². The lowest BCUT2D eigenvalue weighted by Crippen LogP contribution is -2.46. The molecule has 0 fully saturated rings. The van der Waals surface area contributed by atoms with Crippen LogP contribution in [0.4, 0.5) is 11.4 Å². The smallest absolute Gasteiger partial charge is 0.266 e. The molecule has 2 atom stereocenters. The van der Waals surface area contributed by atoms with E-state index < -0.39 is 0 Å². The number of ether oxygens (including phenoxy) is 1. The first-order valence-corrected chi connectivity index (χ1v) is 14.4. The number of rotatable bonds is 2. The van der Waals surface area contributed by atoms with Crippen molar-refractivity contribution in [3.63, 3.8) is 0 Å². The minimum atomic E-state index is -0.281. The molecule has 2 unspecified atom stereocenters. The molecule has 204 valence electrons. The Hall–Kier alpha value is -5.68. The molecule has 0 amide bonds. The van der Waals surface area contributed by atoms with Crippen molar-refractivity contribution >= 4 is 49.2 Å². The summed E-state index contributed by atoms with van der Waals surface area (Å²) in [6, 6.07) is 36.2. The number of nitrogens with zero attached hydrogens (tertiary/aromatic N) is 2. The quantitative estimate of drug-likeness (QED) is 0.162. The van der Waals surface area contributed by atoms with Gasteiger partial charge in [-0.2, -0.15) is 0 Å². The predicted octanol–water partition coefficient (Wildman–Crippen LogP) is 7.62. The maximum absolute atomic E-state index is 13.6. The van der Waals surface area contributed by atoms with Gasteiger partial charge in [0.15, 0.2) is 0 Å². The van der Waals surface area contributed by atoms with Gasteiger partial charge in [-0.15, -0.1) is 0 Å². The number of pyridine rings is 2. The highest BCUT2D eigenvalue weighted by Crippen LogP contribution is 2.43. The highest BCUT2D eigenvalue weighted by Gasteiger charge is 2.34. The molecule has 5 aromatic carbocycles. The van der Waals surface area contributed by atoms with Crippen LogP contribution < -0.4 is 20.8 Å². The van der Waals surface area contributed by atoms with Crippen LogP contribution in [0.15, 0.2) is 143 Å². The zero-order valence-electron chi connectivity index (χ0n) is 23.0. The molecule has 3 heterocycles. The molecule has 2 aromatic heterocycles. The van der Waals surface area contributed by atoms with Gasteiger partial charge >= 0.3 is 0 Å². The molecule has 7 aromatic rings. The summed E-state index contributed by atoms with van der Waals surface area (Å²) in [6.07, 6.45) is 8.34. The molecule has 5 nitrogen and oxygen atoms in total. The second-order valence-electron chi connectivity index (χ2n) is 11.2. The molecule has 0 saturated heterocycles. The Labute approximate surface area is 246 Å². The second kappa shape index (κ2) is 8.91. The van der Waals surface area contributed by atoms with Gasteiger partial charge in [-0.05, 0) is 76.5 Å². The molecule has 9 rings (SSSR count). The topological polar surface area (TPSA) is 51.0 Å². The SMILES string of the molecule is O=c1c2ccccc2c2cc(-c3ccc(N4c5ccccc5OC5C=CC=CC54)cc3)cc3c4ccccc4c(=O)n1c23. The van der Waals surface area contributed by atoms with Crippen LogP contribution in [-0.2, 0) is 0 Å². The van der Waals surface area contributed by atoms with Gasteiger partial charge in [0.05, 0.1) is 17.2 Å². The van der Waals surface area contributed by atoms with E-state index in [-0.39, 0.29) is 23.3 Å². The minimum Gasteiger partial charge on any atom is -0.482 e. The maximum atomic E-state index is 13.6. The maximum Gasteiger partial charge on any atom is 0.266 e. The van der Waals surface area contributed by atoms with Crippen molar-refractivity contribution in [1.29, 1.82) is 0 Å². The van der Waals surface area contributed by atoms with Gasteiger partial charge in [0, 0.05) is 27.2 Å². The van der Waals surface area contributed by atoms with Crippen molar-refractivity contribution in [2.45, 2.75) is 12.1 Å². The summed E-state index contributed by atoms with van der Waals surface area (Å²) >= 11 is 0. The first-order valence-electron chi connectivity index (χ1n) is 14.4. The first-order chi connectivity index (χ1) is 21.2. The van der Waals surface area contributed by atoms with Crippen molar-refractivity contribution in [3.05, 3.63) is 154 Å². The Kier molecular flexibility index (Phi) is 4.97. The van der Waals surface area contributed by atoms with E-state index in [0.29, 0.717) is 16.3 Å². The minimum absolute atomic E-state index is 0.0491. The fourth-order valence-electron chi connectivity index (χ4n) is 6.90. The van der Waals surface area contributed by atoms with Crippen LogP contribution in [0, 0.1) is 0 Å². The highest BCUT2D eigenvalue weighted by molar-refractivity contribution is 6.19. The lowest BCUT2D eigenvalue weighted by Gasteiger charge is -2.42. The van der Waals surface area contributed by atoms with Crippen molar-refractivity contribution in [2.75, 3.05) is 4.90 Å². The summed E-state index contributed by atoms with van der Waals surface area (Å²) in [6.45, 7) is 0. The van der Waals surface area contributed by atoms with Crippen LogP contribution >= 0.6 is 0 Å². The first kappa shape index (κ1) is 24.0. The van der Waals surface area contributed by atoms with Crippen molar-refractivity contribution < 1.29 is 4.74 Å². The molecule has 0 N–H and O–H groups in total. The number of hydrogen-bond donors (Lipinski definition) is 0. The Balaban J connectivity index is 1.27. The molecule has 0 spiro atoms. The number of fused-ring (bicyclic) bond motifs is 6. The number of para-hydroxylation sites is 2. The van der Waals surface area contributed by atoms with E-state index in [1.807, 2.05) is 60.7 Å². The third kappa shape index (κ3) is 3.39. The van der Waals surface area contributed by atoms with E-state index in [0.717, 1.165) is 49.8 Å².